The topological polar surface area (TPSA) is 55.7 Å². The number of benzene rings is 1. The first-order valence-corrected chi connectivity index (χ1v) is 8.16. The number of nitrogens with zero attached hydrogens (tertiary/aromatic N) is 1. The van der Waals surface area contributed by atoms with Crippen molar-refractivity contribution < 1.29 is 74.2 Å². The van der Waals surface area contributed by atoms with Crippen LogP contribution in [0.25, 0.3) is 0 Å². The second-order valence-electron chi connectivity index (χ2n) is 5.31. The van der Waals surface area contributed by atoms with Gasteiger partial charge in [0.15, 0.2) is 23.3 Å². The highest BCUT2D eigenvalue weighted by atomic mass is 32.2. The van der Waals surface area contributed by atoms with Crippen molar-refractivity contribution in [2.75, 3.05) is 0 Å². The van der Waals surface area contributed by atoms with Gasteiger partial charge in [-0.25, -0.2) is 22.0 Å². The van der Waals surface area contributed by atoms with E-state index in [0.717, 1.165) is 0 Å². The van der Waals surface area contributed by atoms with Gasteiger partial charge >= 0.3 is 33.4 Å². The van der Waals surface area contributed by atoms with Crippen LogP contribution in [-0.2, 0) is 14.4 Å². The quantitative estimate of drug-likeness (QED) is 0.182. The Labute approximate surface area is 161 Å². The van der Waals surface area contributed by atoms with Gasteiger partial charge < -0.3 is 0 Å². The Morgan fingerprint density at radius 3 is 1.42 bits per heavy atom. The van der Waals surface area contributed by atoms with E-state index in [1.54, 1.807) is 0 Å². The first-order chi connectivity index (χ1) is 13.6. The van der Waals surface area contributed by atoms with E-state index in [9.17, 15) is 69.9 Å². The molecular formula is C12H3F14NO3S. The van der Waals surface area contributed by atoms with E-state index in [1.165, 1.54) is 0 Å². The van der Waals surface area contributed by atoms with Crippen LogP contribution >= 0.6 is 0 Å². The molecule has 0 heterocycles. The molecule has 0 aliphatic carbocycles. The van der Waals surface area contributed by atoms with Crippen molar-refractivity contribution in [1.29, 1.82) is 0 Å². The van der Waals surface area contributed by atoms with Crippen LogP contribution in [0.3, 0.4) is 0 Å². The lowest BCUT2D eigenvalue weighted by Crippen LogP contribution is -2.63. The van der Waals surface area contributed by atoms with Crippen LogP contribution in [0.15, 0.2) is 5.16 Å². The standard InChI is InChI=1S/C12H3F14NO3S/c1-2(3-4(13)6(15)8(17)7(16)5(3)14)27-30-31(28,29)12(25,26)10(20,21)9(18,19)11(22,23)24/h1H3/b27-2+. The average molecular weight is 507 g/mol. The van der Waals surface area contributed by atoms with Crippen molar-refractivity contribution in [2.24, 2.45) is 5.16 Å². The Bertz CT molecular complexity index is 985. The fourth-order valence-electron chi connectivity index (χ4n) is 1.64. The molecule has 0 atom stereocenters. The number of hydrogen-bond donors (Lipinski definition) is 0. The van der Waals surface area contributed by atoms with E-state index in [0.29, 0.717) is 0 Å². The fourth-order valence-corrected chi connectivity index (χ4v) is 2.38. The Hall–Kier alpha value is -2.34. The molecular weight excluding hydrogens is 504 g/mol. The Kier molecular flexibility index (Phi) is 6.60. The SMILES string of the molecule is C/C(=N\OS(=O)(=O)C(F)(F)C(F)(F)C(F)(F)C(F)(F)F)c1c(F)c(F)c(F)c(F)c1F. The van der Waals surface area contributed by atoms with Gasteiger partial charge in [-0.2, -0.15) is 47.9 Å². The third-order valence-electron chi connectivity index (χ3n) is 3.27. The molecule has 31 heavy (non-hydrogen) atoms. The molecule has 0 spiro atoms. The maximum absolute atomic E-state index is 13.5. The van der Waals surface area contributed by atoms with E-state index in [2.05, 4.69) is 4.28 Å². The molecule has 0 fully saturated rings. The lowest BCUT2D eigenvalue weighted by molar-refractivity contribution is -0.382. The zero-order chi connectivity index (χ0) is 25.0. The number of halogens is 14. The Balaban J connectivity index is 3.49. The fraction of sp³-hybridized carbons (Fsp3) is 0.417. The van der Waals surface area contributed by atoms with E-state index in [1.807, 2.05) is 5.16 Å². The van der Waals surface area contributed by atoms with E-state index in [4.69, 9.17) is 0 Å². The summed E-state index contributed by atoms with van der Waals surface area (Å²) in [6.45, 7) is 0.119. The molecule has 4 nitrogen and oxygen atoms in total. The predicted molar refractivity (Wildman–Crippen MR) is 69.3 cm³/mol. The second kappa shape index (κ2) is 7.66. The molecule has 0 aromatic heterocycles. The minimum absolute atomic E-state index is 0.119. The summed E-state index contributed by atoms with van der Waals surface area (Å²) in [5.41, 5.74) is -3.93. The maximum Gasteiger partial charge on any atom is 0.460 e. The predicted octanol–water partition coefficient (Wildman–Crippen LogP) is 4.88. The van der Waals surface area contributed by atoms with Crippen LogP contribution in [0.2, 0.25) is 0 Å². The number of hydrogen-bond acceptors (Lipinski definition) is 4. The second-order valence-corrected chi connectivity index (χ2v) is 6.88. The summed E-state index contributed by atoms with van der Waals surface area (Å²) < 4.78 is 205. The van der Waals surface area contributed by atoms with E-state index < -0.39 is 73.8 Å². The summed E-state index contributed by atoms with van der Waals surface area (Å²) >= 11 is 0. The number of oxime groups is 1. The number of alkyl halides is 9. The Morgan fingerprint density at radius 2 is 1.06 bits per heavy atom. The molecule has 0 N–H and O–H groups in total. The zero-order valence-corrected chi connectivity index (χ0v) is 14.7. The van der Waals surface area contributed by atoms with Gasteiger partial charge in [0.25, 0.3) is 0 Å². The average Bonchev–Trinajstić information content (AvgIpc) is 2.61. The first kappa shape index (κ1) is 26.7. The van der Waals surface area contributed by atoms with Gasteiger partial charge in [-0.1, -0.05) is 5.16 Å². The van der Waals surface area contributed by atoms with Crippen molar-refractivity contribution in [3.8, 4) is 0 Å². The van der Waals surface area contributed by atoms with Crippen LogP contribution < -0.4 is 0 Å². The first-order valence-electron chi connectivity index (χ1n) is 6.76. The summed E-state index contributed by atoms with van der Waals surface area (Å²) in [4.78, 5) is 0. The molecule has 1 rings (SSSR count). The van der Waals surface area contributed by atoms with Crippen LogP contribution in [0.5, 0.6) is 0 Å². The van der Waals surface area contributed by atoms with Crippen molar-refractivity contribution >= 4 is 15.8 Å². The highest BCUT2D eigenvalue weighted by molar-refractivity contribution is 7.87. The van der Waals surface area contributed by atoms with Crippen molar-refractivity contribution in [2.45, 2.75) is 30.2 Å². The Morgan fingerprint density at radius 1 is 0.710 bits per heavy atom. The highest BCUT2D eigenvalue weighted by Gasteiger charge is 2.86. The van der Waals surface area contributed by atoms with Gasteiger partial charge in [0.05, 0.1) is 11.3 Å². The monoisotopic (exact) mass is 507 g/mol. The van der Waals surface area contributed by atoms with Gasteiger partial charge in [0.2, 0.25) is 5.82 Å². The van der Waals surface area contributed by atoms with Crippen molar-refractivity contribution in [3.05, 3.63) is 34.6 Å². The zero-order valence-electron chi connectivity index (χ0n) is 13.9. The molecule has 0 aliphatic heterocycles. The molecule has 1 aromatic rings. The molecule has 178 valence electrons. The third-order valence-corrected chi connectivity index (χ3v) is 4.43. The molecule has 0 saturated heterocycles. The molecule has 1 aromatic carbocycles. The van der Waals surface area contributed by atoms with Crippen molar-refractivity contribution in [1.82, 2.24) is 0 Å². The van der Waals surface area contributed by atoms with Crippen LogP contribution in [-0.4, -0.2) is 37.4 Å². The van der Waals surface area contributed by atoms with Gasteiger partial charge in [0, 0.05) is 0 Å². The lowest BCUT2D eigenvalue weighted by Gasteiger charge is -2.31. The van der Waals surface area contributed by atoms with Crippen molar-refractivity contribution in [3.63, 3.8) is 0 Å². The minimum atomic E-state index is -7.70. The van der Waals surface area contributed by atoms with Crippen LogP contribution in [0.4, 0.5) is 61.5 Å². The summed E-state index contributed by atoms with van der Waals surface area (Å²) in [6.07, 6.45) is -7.38. The molecule has 0 saturated carbocycles. The summed E-state index contributed by atoms with van der Waals surface area (Å²) in [6, 6.07) is 0. The van der Waals surface area contributed by atoms with Gasteiger partial charge in [-0.05, 0) is 6.92 Å². The van der Waals surface area contributed by atoms with E-state index in [-0.39, 0.29) is 6.92 Å². The van der Waals surface area contributed by atoms with Gasteiger partial charge in [-0.15, -0.1) is 0 Å². The molecule has 0 radical (unpaired) electrons. The molecule has 0 amide bonds. The van der Waals surface area contributed by atoms with Crippen LogP contribution in [0, 0.1) is 29.1 Å². The molecule has 0 bridgehead atoms. The third kappa shape index (κ3) is 3.98. The highest BCUT2D eigenvalue weighted by Crippen LogP contribution is 2.55. The molecule has 0 unspecified atom stereocenters. The molecule has 19 heteroatoms. The number of rotatable bonds is 6. The van der Waals surface area contributed by atoms with Crippen LogP contribution in [0.1, 0.15) is 12.5 Å². The van der Waals surface area contributed by atoms with E-state index >= 15 is 0 Å². The largest absolute Gasteiger partial charge is 0.460 e. The summed E-state index contributed by atoms with van der Waals surface area (Å²) in [5, 5.41) is -5.48. The lowest BCUT2D eigenvalue weighted by atomic mass is 10.1. The summed E-state index contributed by atoms with van der Waals surface area (Å²) in [7, 11) is -7.58. The smallest absolute Gasteiger partial charge is 0.264 e. The minimum Gasteiger partial charge on any atom is -0.264 e. The van der Waals surface area contributed by atoms with Gasteiger partial charge in [0.1, 0.15) is 0 Å². The normalized spacial score (nSPS) is 14.7. The molecule has 0 aliphatic rings. The summed E-state index contributed by atoms with van der Waals surface area (Å²) in [5.74, 6) is -28.9. The maximum atomic E-state index is 13.5. The van der Waals surface area contributed by atoms with Gasteiger partial charge in [-0.3, -0.25) is 4.28 Å².